The summed E-state index contributed by atoms with van der Waals surface area (Å²) in [7, 11) is 0. The highest BCUT2D eigenvalue weighted by Crippen LogP contribution is 2.27. The molecule has 1 aromatic rings. The van der Waals surface area contributed by atoms with Crippen molar-refractivity contribution in [1.82, 2.24) is 0 Å². The van der Waals surface area contributed by atoms with E-state index in [2.05, 4.69) is 0 Å². The lowest BCUT2D eigenvalue weighted by Crippen LogP contribution is -2.09. The van der Waals surface area contributed by atoms with Gasteiger partial charge in [0.25, 0.3) is 0 Å². The minimum atomic E-state index is -1.89. The Morgan fingerprint density at radius 1 is 1.50 bits per heavy atom. The molecule has 0 fully saturated rings. The first-order valence-corrected chi connectivity index (χ1v) is 4.99. The summed E-state index contributed by atoms with van der Waals surface area (Å²) in [5, 5.41) is 8.39. The van der Waals surface area contributed by atoms with E-state index in [-0.39, 0.29) is 0 Å². The standard InChI is InChI=1S/C10H11FO2S/c1-6-3-4-8(7(2)5-6)14-9(11)10(12)13/h3-5,9H,1-2H3,(H,12,13). The fourth-order valence-corrected chi connectivity index (χ4v) is 1.81. The average molecular weight is 214 g/mol. The summed E-state index contributed by atoms with van der Waals surface area (Å²) in [6.07, 6.45) is 0. The molecule has 0 amide bonds. The predicted molar refractivity (Wildman–Crippen MR) is 54.3 cm³/mol. The number of hydrogen-bond donors (Lipinski definition) is 1. The number of aryl methyl sites for hydroxylation is 2. The summed E-state index contributed by atoms with van der Waals surface area (Å²) in [6.45, 7) is 3.77. The van der Waals surface area contributed by atoms with Gasteiger partial charge in [-0.1, -0.05) is 29.5 Å². The maximum Gasteiger partial charge on any atom is 0.349 e. The van der Waals surface area contributed by atoms with E-state index in [4.69, 9.17) is 5.11 Å². The van der Waals surface area contributed by atoms with E-state index < -0.39 is 11.5 Å². The fourth-order valence-electron chi connectivity index (χ4n) is 1.09. The Bertz CT molecular complexity index is 352. The van der Waals surface area contributed by atoms with Gasteiger partial charge in [0.15, 0.2) is 0 Å². The number of benzene rings is 1. The number of halogens is 1. The van der Waals surface area contributed by atoms with E-state index in [1.807, 2.05) is 26.0 Å². The van der Waals surface area contributed by atoms with Crippen molar-refractivity contribution in [3.05, 3.63) is 29.3 Å². The van der Waals surface area contributed by atoms with Gasteiger partial charge in [-0.2, -0.15) is 0 Å². The minimum absolute atomic E-state index is 0.672. The Morgan fingerprint density at radius 2 is 2.14 bits per heavy atom. The van der Waals surface area contributed by atoms with E-state index in [0.29, 0.717) is 4.90 Å². The number of alkyl halides is 1. The summed E-state index contributed by atoms with van der Waals surface area (Å²) < 4.78 is 12.9. The van der Waals surface area contributed by atoms with Crippen molar-refractivity contribution in [3.8, 4) is 0 Å². The molecule has 0 aliphatic heterocycles. The molecule has 1 aromatic carbocycles. The summed E-state index contributed by atoms with van der Waals surface area (Å²) in [5.74, 6) is -1.44. The number of hydrogen-bond acceptors (Lipinski definition) is 2. The van der Waals surface area contributed by atoms with Crippen molar-refractivity contribution in [2.45, 2.75) is 24.2 Å². The molecule has 1 atom stereocenters. The van der Waals surface area contributed by atoms with Gasteiger partial charge < -0.3 is 5.11 Å². The lowest BCUT2D eigenvalue weighted by atomic mass is 10.2. The molecule has 0 saturated heterocycles. The van der Waals surface area contributed by atoms with Crippen molar-refractivity contribution in [2.75, 3.05) is 0 Å². The third-order valence-electron chi connectivity index (χ3n) is 1.76. The summed E-state index contributed by atoms with van der Waals surface area (Å²) in [6, 6.07) is 5.48. The molecule has 1 N–H and O–H groups in total. The van der Waals surface area contributed by atoms with Crippen LogP contribution in [0, 0.1) is 13.8 Å². The number of carbonyl (C=O) groups is 1. The fraction of sp³-hybridized carbons (Fsp3) is 0.300. The van der Waals surface area contributed by atoms with Crippen LogP contribution in [-0.4, -0.2) is 16.6 Å². The Hall–Kier alpha value is -1.03. The van der Waals surface area contributed by atoms with Crippen molar-refractivity contribution >= 4 is 17.7 Å². The highest BCUT2D eigenvalue weighted by molar-refractivity contribution is 8.00. The highest BCUT2D eigenvalue weighted by Gasteiger charge is 2.17. The third-order valence-corrected chi connectivity index (χ3v) is 2.88. The average Bonchev–Trinajstić information content (AvgIpc) is 2.09. The zero-order valence-electron chi connectivity index (χ0n) is 7.95. The first kappa shape index (κ1) is 11.0. The van der Waals surface area contributed by atoms with Crippen LogP contribution in [0.2, 0.25) is 0 Å². The Morgan fingerprint density at radius 3 is 2.64 bits per heavy atom. The molecule has 1 unspecified atom stereocenters. The topological polar surface area (TPSA) is 37.3 Å². The molecular formula is C10H11FO2S. The number of carboxylic acid groups (broad SMARTS) is 1. The van der Waals surface area contributed by atoms with Crippen LogP contribution in [0.4, 0.5) is 4.39 Å². The van der Waals surface area contributed by atoms with E-state index in [1.54, 1.807) is 6.07 Å². The van der Waals surface area contributed by atoms with Crippen LogP contribution in [-0.2, 0) is 4.79 Å². The number of thioether (sulfide) groups is 1. The van der Waals surface area contributed by atoms with Gasteiger partial charge in [-0.15, -0.1) is 0 Å². The zero-order valence-corrected chi connectivity index (χ0v) is 8.77. The summed E-state index contributed by atoms with van der Waals surface area (Å²) in [4.78, 5) is 11.0. The maximum absolute atomic E-state index is 12.9. The van der Waals surface area contributed by atoms with Crippen LogP contribution in [0.5, 0.6) is 0 Å². The molecule has 76 valence electrons. The normalized spacial score (nSPS) is 12.5. The van der Waals surface area contributed by atoms with Crippen LogP contribution >= 0.6 is 11.8 Å². The second-order valence-corrected chi connectivity index (χ2v) is 4.13. The molecule has 0 aliphatic rings. The van der Waals surface area contributed by atoms with Crippen LogP contribution in [0.15, 0.2) is 23.1 Å². The number of aliphatic carboxylic acids is 1. The number of rotatable bonds is 3. The highest BCUT2D eigenvalue weighted by atomic mass is 32.2. The van der Waals surface area contributed by atoms with Gasteiger partial charge in [-0.3, -0.25) is 0 Å². The minimum Gasteiger partial charge on any atom is -0.478 e. The lowest BCUT2D eigenvalue weighted by Gasteiger charge is -2.07. The van der Waals surface area contributed by atoms with Crippen molar-refractivity contribution in [3.63, 3.8) is 0 Å². The molecule has 0 spiro atoms. The largest absolute Gasteiger partial charge is 0.478 e. The second kappa shape index (κ2) is 4.46. The van der Waals surface area contributed by atoms with Gasteiger partial charge in [0.2, 0.25) is 5.50 Å². The van der Waals surface area contributed by atoms with Crippen molar-refractivity contribution in [2.24, 2.45) is 0 Å². The molecule has 4 heteroatoms. The molecule has 0 bridgehead atoms. The molecule has 2 nitrogen and oxygen atoms in total. The van der Waals surface area contributed by atoms with E-state index in [1.165, 1.54) is 0 Å². The zero-order chi connectivity index (χ0) is 10.7. The van der Waals surface area contributed by atoms with Crippen LogP contribution < -0.4 is 0 Å². The van der Waals surface area contributed by atoms with E-state index in [9.17, 15) is 9.18 Å². The van der Waals surface area contributed by atoms with Crippen molar-refractivity contribution < 1.29 is 14.3 Å². The third kappa shape index (κ3) is 2.73. The molecule has 0 aromatic heterocycles. The van der Waals surface area contributed by atoms with Gasteiger partial charge in [-0.05, 0) is 25.5 Å². The number of carboxylic acids is 1. The lowest BCUT2D eigenvalue weighted by molar-refractivity contribution is -0.139. The predicted octanol–water partition coefficient (Wildman–Crippen LogP) is 2.78. The molecule has 0 radical (unpaired) electrons. The molecular weight excluding hydrogens is 203 g/mol. The van der Waals surface area contributed by atoms with Crippen molar-refractivity contribution in [1.29, 1.82) is 0 Å². The smallest absolute Gasteiger partial charge is 0.349 e. The molecule has 1 rings (SSSR count). The SMILES string of the molecule is Cc1ccc(SC(F)C(=O)O)c(C)c1. The first-order chi connectivity index (χ1) is 6.50. The van der Waals surface area contributed by atoms with Gasteiger partial charge in [0.1, 0.15) is 0 Å². The van der Waals surface area contributed by atoms with Crippen LogP contribution in [0.25, 0.3) is 0 Å². The Balaban J connectivity index is 2.82. The van der Waals surface area contributed by atoms with Gasteiger partial charge in [0, 0.05) is 4.90 Å². The van der Waals surface area contributed by atoms with E-state index in [0.717, 1.165) is 22.9 Å². The quantitative estimate of drug-likeness (QED) is 0.786. The van der Waals surface area contributed by atoms with Gasteiger partial charge >= 0.3 is 5.97 Å². The monoisotopic (exact) mass is 214 g/mol. The molecule has 0 saturated carbocycles. The molecule has 0 aliphatic carbocycles. The first-order valence-electron chi connectivity index (χ1n) is 4.11. The van der Waals surface area contributed by atoms with Crippen LogP contribution in [0.1, 0.15) is 11.1 Å². The van der Waals surface area contributed by atoms with Crippen LogP contribution in [0.3, 0.4) is 0 Å². The molecule has 0 heterocycles. The maximum atomic E-state index is 12.9. The Labute approximate surface area is 86.1 Å². The summed E-state index contributed by atoms with van der Waals surface area (Å²) >= 11 is 0.721. The van der Waals surface area contributed by atoms with Gasteiger partial charge in [-0.25, -0.2) is 9.18 Å². The van der Waals surface area contributed by atoms with Gasteiger partial charge in [0.05, 0.1) is 0 Å². The van der Waals surface area contributed by atoms with E-state index >= 15 is 0 Å². The second-order valence-electron chi connectivity index (χ2n) is 3.04. The summed E-state index contributed by atoms with van der Waals surface area (Å²) in [5.41, 5.74) is 0.0906. The Kier molecular flexibility index (Phi) is 3.52. The molecule has 14 heavy (non-hydrogen) atoms.